The molecule has 1 aliphatic heterocycles. The molecule has 116 valence electrons. The van der Waals surface area contributed by atoms with Gasteiger partial charge in [-0.3, -0.25) is 4.79 Å². The van der Waals surface area contributed by atoms with Crippen molar-refractivity contribution in [1.82, 2.24) is 4.98 Å². The van der Waals surface area contributed by atoms with E-state index < -0.39 is 5.91 Å². The molecule has 0 radical (unpaired) electrons. The number of rotatable bonds is 5. The monoisotopic (exact) mass is 318 g/mol. The molecular weight excluding hydrogens is 300 g/mol. The molecule has 1 fully saturated rings. The van der Waals surface area contributed by atoms with E-state index in [4.69, 9.17) is 15.2 Å². The van der Waals surface area contributed by atoms with Gasteiger partial charge in [0, 0.05) is 28.8 Å². The number of primary amides is 1. The van der Waals surface area contributed by atoms with Gasteiger partial charge in [0.1, 0.15) is 17.4 Å². The number of nitrogens with two attached hydrogens (primary N) is 1. The maximum Gasteiger partial charge on any atom is 0.248 e. The van der Waals surface area contributed by atoms with Crippen molar-refractivity contribution >= 4 is 17.2 Å². The predicted octanol–water partition coefficient (Wildman–Crippen LogP) is 2.78. The van der Waals surface area contributed by atoms with Gasteiger partial charge in [-0.05, 0) is 38.0 Å². The van der Waals surface area contributed by atoms with E-state index in [-0.39, 0.29) is 6.10 Å². The van der Waals surface area contributed by atoms with Gasteiger partial charge in [-0.25, -0.2) is 4.98 Å². The maximum absolute atomic E-state index is 11.5. The van der Waals surface area contributed by atoms with Gasteiger partial charge in [0.2, 0.25) is 5.91 Å². The van der Waals surface area contributed by atoms with Crippen LogP contribution < -0.4 is 10.5 Å². The second-order valence-corrected chi connectivity index (χ2v) is 6.57. The number of hydrogen-bond donors (Lipinski definition) is 1. The highest BCUT2D eigenvalue weighted by Gasteiger charge is 2.17. The predicted molar refractivity (Wildman–Crippen MR) is 85.3 cm³/mol. The SMILES string of the molecule is Cc1cnc(-c2cc(OC[C@H]3CCCO3)cc(C(N)=O)c2)s1. The van der Waals surface area contributed by atoms with Crippen molar-refractivity contribution in [2.75, 3.05) is 13.2 Å². The average Bonchev–Trinajstić information content (AvgIpc) is 3.16. The number of amides is 1. The molecule has 3 rings (SSSR count). The van der Waals surface area contributed by atoms with E-state index in [1.165, 1.54) is 0 Å². The zero-order valence-corrected chi connectivity index (χ0v) is 13.2. The van der Waals surface area contributed by atoms with E-state index in [2.05, 4.69) is 4.98 Å². The first kappa shape index (κ1) is 15.0. The number of hydrogen-bond acceptors (Lipinski definition) is 5. The summed E-state index contributed by atoms with van der Waals surface area (Å²) in [5.41, 5.74) is 6.68. The van der Waals surface area contributed by atoms with Gasteiger partial charge in [0.15, 0.2) is 0 Å². The Hall–Kier alpha value is -1.92. The lowest BCUT2D eigenvalue weighted by Crippen LogP contribution is -2.17. The van der Waals surface area contributed by atoms with Crippen LogP contribution in [0.2, 0.25) is 0 Å². The Bertz CT molecular complexity index is 678. The van der Waals surface area contributed by atoms with Gasteiger partial charge < -0.3 is 15.2 Å². The first-order chi connectivity index (χ1) is 10.6. The topological polar surface area (TPSA) is 74.4 Å². The number of benzene rings is 1. The smallest absolute Gasteiger partial charge is 0.248 e. The minimum Gasteiger partial charge on any atom is -0.491 e. The zero-order valence-electron chi connectivity index (χ0n) is 12.4. The molecule has 2 heterocycles. The van der Waals surface area contributed by atoms with Crippen molar-refractivity contribution in [3.05, 3.63) is 34.8 Å². The molecule has 2 N–H and O–H groups in total. The van der Waals surface area contributed by atoms with Crippen molar-refractivity contribution < 1.29 is 14.3 Å². The van der Waals surface area contributed by atoms with Gasteiger partial charge in [0.05, 0.1) is 6.10 Å². The fraction of sp³-hybridized carbons (Fsp3) is 0.375. The standard InChI is InChI=1S/C16H18N2O3S/c1-10-8-18-16(22-10)12-5-11(15(17)19)6-14(7-12)21-9-13-3-2-4-20-13/h5-8,13H,2-4,9H2,1H3,(H2,17,19)/t13-/m1/s1. The molecule has 1 saturated heterocycles. The molecule has 22 heavy (non-hydrogen) atoms. The highest BCUT2D eigenvalue weighted by atomic mass is 32.1. The van der Waals surface area contributed by atoms with Gasteiger partial charge in [-0.2, -0.15) is 0 Å². The lowest BCUT2D eigenvalue weighted by Gasteiger charge is -2.13. The Kier molecular flexibility index (Phi) is 4.40. The number of ether oxygens (including phenoxy) is 2. The summed E-state index contributed by atoms with van der Waals surface area (Å²) in [4.78, 5) is 17.0. The Morgan fingerprint density at radius 3 is 3.00 bits per heavy atom. The molecule has 0 spiro atoms. The molecule has 1 amide bonds. The second kappa shape index (κ2) is 6.46. The molecule has 0 aliphatic carbocycles. The highest BCUT2D eigenvalue weighted by molar-refractivity contribution is 7.14. The summed E-state index contributed by atoms with van der Waals surface area (Å²) in [6.45, 7) is 3.27. The van der Waals surface area contributed by atoms with Crippen LogP contribution in [0.15, 0.2) is 24.4 Å². The van der Waals surface area contributed by atoms with E-state index in [0.29, 0.717) is 17.9 Å². The molecular formula is C16H18N2O3S. The summed E-state index contributed by atoms with van der Waals surface area (Å²) < 4.78 is 11.3. The Morgan fingerprint density at radius 1 is 1.50 bits per heavy atom. The minimum absolute atomic E-state index is 0.128. The first-order valence-corrected chi connectivity index (χ1v) is 8.05. The summed E-state index contributed by atoms with van der Waals surface area (Å²) in [6.07, 6.45) is 4.01. The van der Waals surface area contributed by atoms with Crippen LogP contribution in [0.25, 0.3) is 10.6 Å². The number of carbonyl (C=O) groups is 1. The quantitative estimate of drug-likeness (QED) is 0.920. The van der Waals surface area contributed by atoms with Gasteiger partial charge >= 0.3 is 0 Å². The third-order valence-electron chi connectivity index (χ3n) is 3.52. The third kappa shape index (κ3) is 3.45. The number of nitrogens with zero attached hydrogens (tertiary/aromatic N) is 1. The van der Waals surface area contributed by atoms with E-state index in [9.17, 15) is 4.79 Å². The normalized spacial score (nSPS) is 17.6. The number of aromatic nitrogens is 1. The van der Waals surface area contributed by atoms with Crippen LogP contribution in [0.3, 0.4) is 0 Å². The molecule has 1 aromatic carbocycles. The van der Waals surface area contributed by atoms with Crippen molar-refractivity contribution in [2.24, 2.45) is 5.73 Å². The van der Waals surface area contributed by atoms with Gasteiger partial charge in [-0.1, -0.05) is 0 Å². The van der Waals surface area contributed by atoms with E-state index in [0.717, 1.165) is 34.9 Å². The Balaban J connectivity index is 1.84. The molecule has 2 aromatic rings. The summed E-state index contributed by atoms with van der Waals surface area (Å²) >= 11 is 1.57. The Labute approximate surface area is 133 Å². The van der Waals surface area contributed by atoms with Crippen LogP contribution in [0.1, 0.15) is 28.1 Å². The summed E-state index contributed by atoms with van der Waals surface area (Å²) in [5, 5.41) is 0.850. The van der Waals surface area contributed by atoms with Crippen molar-refractivity contribution in [1.29, 1.82) is 0 Å². The van der Waals surface area contributed by atoms with E-state index in [1.54, 1.807) is 23.5 Å². The van der Waals surface area contributed by atoms with Crippen LogP contribution in [0.5, 0.6) is 5.75 Å². The fourth-order valence-electron chi connectivity index (χ4n) is 2.40. The molecule has 0 bridgehead atoms. The highest BCUT2D eigenvalue weighted by Crippen LogP contribution is 2.29. The molecule has 0 unspecified atom stereocenters. The van der Waals surface area contributed by atoms with E-state index >= 15 is 0 Å². The molecule has 5 nitrogen and oxygen atoms in total. The van der Waals surface area contributed by atoms with Crippen molar-refractivity contribution in [2.45, 2.75) is 25.9 Å². The lowest BCUT2D eigenvalue weighted by molar-refractivity contribution is 0.0679. The van der Waals surface area contributed by atoms with Crippen LogP contribution in [0.4, 0.5) is 0 Å². The molecule has 1 aliphatic rings. The van der Waals surface area contributed by atoms with Crippen molar-refractivity contribution in [3.63, 3.8) is 0 Å². The molecule has 1 atom stereocenters. The van der Waals surface area contributed by atoms with Crippen LogP contribution in [0, 0.1) is 6.92 Å². The third-order valence-corrected chi connectivity index (χ3v) is 4.48. The molecule has 1 aromatic heterocycles. The maximum atomic E-state index is 11.5. The fourth-order valence-corrected chi connectivity index (χ4v) is 3.15. The average molecular weight is 318 g/mol. The minimum atomic E-state index is -0.475. The van der Waals surface area contributed by atoms with Crippen LogP contribution in [-0.2, 0) is 4.74 Å². The van der Waals surface area contributed by atoms with E-state index in [1.807, 2.05) is 19.2 Å². The lowest BCUT2D eigenvalue weighted by atomic mass is 10.1. The summed E-state index contributed by atoms with van der Waals surface area (Å²) in [7, 11) is 0. The molecule has 0 saturated carbocycles. The molecule has 6 heteroatoms. The largest absolute Gasteiger partial charge is 0.491 e. The van der Waals surface area contributed by atoms with Gasteiger partial charge in [-0.15, -0.1) is 11.3 Å². The van der Waals surface area contributed by atoms with Crippen LogP contribution >= 0.6 is 11.3 Å². The van der Waals surface area contributed by atoms with Crippen molar-refractivity contribution in [3.8, 4) is 16.3 Å². The van der Waals surface area contributed by atoms with Crippen LogP contribution in [-0.4, -0.2) is 30.2 Å². The first-order valence-electron chi connectivity index (χ1n) is 7.24. The zero-order chi connectivity index (χ0) is 15.5. The van der Waals surface area contributed by atoms with Gasteiger partial charge in [0.25, 0.3) is 0 Å². The summed E-state index contributed by atoms with van der Waals surface area (Å²) in [5.74, 6) is 0.145. The summed E-state index contributed by atoms with van der Waals surface area (Å²) in [6, 6.07) is 5.31. The number of thiazole rings is 1. The Morgan fingerprint density at radius 2 is 2.36 bits per heavy atom. The second-order valence-electron chi connectivity index (χ2n) is 5.33. The number of carbonyl (C=O) groups excluding carboxylic acids is 1. The number of aryl methyl sites for hydroxylation is 1.